The van der Waals surface area contributed by atoms with Crippen LogP contribution >= 0.6 is 27.3 Å². The number of hydrogen-bond donors (Lipinski definition) is 1. The van der Waals surface area contributed by atoms with Crippen LogP contribution in [0.3, 0.4) is 0 Å². The molecular formula is C12H8BrN3O2S. The number of nitrogens with one attached hydrogen (secondary N) is 1. The van der Waals surface area contributed by atoms with Crippen molar-refractivity contribution in [3.05, 3.63) is 54.7 Å². The highest BCUT2D eigenvalue weighted by Gasteiger charge is 2.14. The summed E-state index contributed by atoms with van der Waals surface area (Å²) in [5.74, 6) is 0. The number of nitro groups is 1. The van der Waals surface area contributed by atoms with Crippen molar-refractivity contribution < 1.29 is 4.92 Å². The Kier molecular flexibility index (Phi) is 4.14. The Hall–Kier alpha value is -1.91. The molecule has 0 amide bonds. The smallest absolute Gasteiger partial charge is 0.289 e. The molecule has 0 saturated carbocycles. The van der Waals surface area contributed by atoms with Crippen molar-refractivity contribution in [1.82, 2.24) is 0 Å². The molecular weight excluding hydrogens is 330 g/mol. The zero-order chi connectivity index (χ0) is 13.8. The van der Waals surface area contributed by atoms with Crippen molar-refractivity contribution >= 4 is 38.6 Å². The fourth-order valence-electron chi connectivity index (χ4n) is 1.52. The zero-order valence-electron chi connectivity index (χ0n) is 9.59. The molecule has 0 atom stereocenters. The van der Waals surface area contributed by atoms with Gasteiger partial charge in [-0.15, -0.1) is 11.3 Å². The predicted molar refractivity (Wildman–Crippen MR) is 77.2 cm³/mol. The van der Waals surface area contributed by atoms with Gasteiger partial charge in [0.1, 0.15) is 11.6 Å². The molecule has 19 heavy (non-hydrogen) atoms. The number of nitro benzene ring substituents is 1. The largest absolute Gasteiger partial charge is 0.380 e. The van der Waals surface area contributed by atoms with Crippen molar-refractivity contribution in [2.24, 2.45) is 0 Å². The first-order valence-corrected chi connectivity index (χ1v) is 6.87. The van der Waals surface area contributed by atoms with Crippen LogP contribution in [0, 0.1) is 21.4 Å². The normalized spacial score (nSPS) is 9.89. The van der Waals surface area contributed by atoms with E-state index in [1.54, 1.807) is 17.4 Å². The molecule has 0 aliphatic carbocycles. The summed E-state index contributed by atoms with van der Waals surface area (Å²) < 4.78 is 1.04. The Balaban J connectivity index is 2.15. The minimum absolute atomic E-state index is 0.0643. The SMILES string of the molecule is N#Cc1ccc(NCc2ccc(Br)s2)cc1[N+](=O)[O-]. The summed E-state index contributed by atoms with van der Waals surface area (Å²) in [7, 11) is 0. The quantitative estimate of drug-likeness (QED) is 0.677. The minimum atomic E-state index is -0.550. The number of anilines is 1. The van der Waals surface area contributed by atoms with Gasteiger partial charge in [0, 0.05) is 23.2 Å². The molecule has 1 N–H and O–H groups in total. The Morgan fingerprint density at radius 2 is 2.21 bits per heavy atom. The van der Waals surface area contributed by atoms with E-state index in [-0.39, 0.29) is 11.3 Å². The summed E-state index contributed by atoms with van der Waals surface area (Å²) in [6.45, 7) is 0.583. The maximum Gasteiger partial charge on any atom is 0.289 e. The second-order valence-corrected chi connectivity index (χ2v) is 6.21. The molecule has 5 nitrogen and oxygen atoms in total. The second kappa shape index (κ2) is 5.82. The third-order valence-corrected chi connectivity index (χ3v) is 4.03. The first kappa shape index (κ1) is 13.5. The van der Waals surface area contributed by atoms with E-state index < -0.39 is 4.92 Å². The number of nitriles is 1. The predicted octanol–water partition coefficient (Wildman–Crippen LogP) is 3.90. The number of halogens is 1. The minimum Gasteiger partial charge on any atom is -0.380 e. The summed E-state index contributed by atoms with van der Waals surface area (Å²) in [5, 5.41) is 22.7. The highest BCUT2D eigenvalue weighted by atomic mass is 79.9. The van der Waals surface area contributed by atoms with E-state index in [0.717, 1.165) is 8.66 Å². The van der Waals surface area contributed by atoms with Gasteiger partial charge >= 0.3 is 0 Å². The fourth-order valence-corrected chi connectivity index (χ4v) is 2.95. The highest BCUT2D eigenvalue weighted by molar-refractivity contribution is 9.11. The maximum absolute atomic E-state index is 10.8. The van der Waals surface area contributed by atoms with E-state index in [1.807, 2.05) is 18.2 Å². The maximum atomic E-state index is 10.8. The van der Waals surface area contributed by atoms with Crippen molar-refractivity contribution in [3.8, 4) is 6.07 Å². The molecule has 2 aromatic rings. The first-order valence-electron chi connectivity index (χ1n) is 5.27. The van der Waals surface area contributed by atoms with Crippen molar-refractivity contribution in [3.63, 3.8) is 0 Å². The van der Waals surface area contributed by atoms with Crippen LogP contribution in [-0.2, 0) is 6.54 Å². The van der Waals surface area contributed by atoms with E-state index in [0.29, 0.717) is 12.2 Å². The zero-order valence-corrected chi connectivity index (χ0v) is 12.0. The van der Waals surface area contributed by atoms with Crippen LogP contribution in [0.2, 0.25) is 0 Å². The summed E-state index contributed by atoms with van der Waals surface area (Å²) >= 11 is 4.97. The molecule has 1 heterocycles. The lowest BCUT2D eigenvalue weighted by molar-refractivity contribution is -0.385. The van der Waals surface area contributed by atoms with Crippen molar-refractivity contribution in [2.45, 2.75) is 6.54 Å². The monoisotopic (exact) mass is 337 g/mol. The summed E-state index contributed by atoms with van der Waals surface area (Å²) in [6, 6.07) is 10.2. The van der Waals surface area contributed by atoms with E-state index in [4.69, 9.17) is 5.26 Å². The number of benzene rings is 1. The van der Waals surface area contributed by atoms with Crippen LogP contribution in [0.15, 0.2) is 34.1 Å². The molecule has 0 saturated heterocycles. The molecule has 0 unspecified atom stereocenters. The van der Waals surface area contributed by atoms with Gasteiger partial charge in [0.25, 0.3) is 5.69 Å². The molecule has 0 radical (unpaired) electrons. The van der Waals surface area contributed by atoms with E-state index in [2.05, 4.69) is 21.2 Å². The molecule has 7 heteroatoms. The average Bonchev–Trinajstić information content (AvgIpc) is 2.81. The van der Waals surface area contributed by atoms with Gasteiger partial charge in [0.2, 0.25) is 0 Å². The Bertz CT molecular complexity index is 663. The average molecular weight is 338 g/mol. The van der Waals surface area contributed by atoms with Gasteiger partial charge < -0.3 is 5.32 Å². The molecule has 1 aromatic carbocycles. The highest BCUT2D eigenvalue weighted by Crippen LogP contribution is 2.25. The molecule has 2 rings (SSSR count). The first-order chi connectivity index (χ1) is 9.10. The van der Waals surface area contributed by atoms with Gasteiger partial charge in [-0.2, -0.15) is 5.26 Å². The Morgan fingerprint density at radius 3 is 2.79 bits per heavy atom. The lowest BCUT2D eigenvalue weighted by Gasteiger charge is -2.05. The lowest BCUT2D eigenvalue weighted by Crippen LogP contribution is -1.99. The third-order valence-electron chi connectivity index (χ3n) is 2.41. The molecule has 0 aliphatic rings. The second-order valence-electron chi connectivity index (χ2n) is 3.66. The number of rotatable bonds is 4. The Morgan fingerprint density at radius 1 is 1.42 bits per heavy atom. The molecule has 0 aliphatic heterocycles. The van der Waals surface area contributed by atoms with Crippen molar-refractivity contribution in [1.29, 1.82) is 5.26 Å². The number of hydrogen-bond acceptors (Lipinski definition) is 5. The molecule has 0 bridgehead atoms. The van der Waals surface area contributed by atoms with E-state index in [1.165, 1.54) is 12.1 Å². The summed E-state index contributed by atoms with van der Waals surface area (Å²) in [6.07, 6.45) is 0. The fraction of sp³-hybridized carbons (Fsp3) is 0.0833. The van der Waals surface area contributed by atoms with Crippen LogP contribution in [-0.4, -0.2) is 4.92 Å². The van der Waals surface area contributed by atoms with Crippen LogP contribution in [0.5, 0.6) is 0 Å². The van der Waals surface area contributed by atoms with Crippen LogP contribution < -0.4 is 5.32 Å². The summed E-state index contributed by atoms with van der Waals surface area (Å²) in [4.78, 5) is 11.4. The number of thiophene rings is 1. The van der Waals surface area contributed by atoms with Crippen LogP contribution in [0.4, 0.5) is 11.4 Å². The molecule has 0 spiro atoms. The lowest BCUT2D eigenvalue weighted by atomic mass is 10.2. The summed E-state index contributed by atoms with van der Waals surface area (Å²) in [5.41, 5.74) is 0.504. The van der Waals surface area contributed by atoms with Crippen molar-refractivity contribution in [2.75, 3.05) is 5.32 Å². The van der Waals surface area contributed by atoms with Gasteiger partial charge in [-0.1, -0.05) is 0 Å². The topological polar surface area (TPSA) is 79.0 Å². The van der Waals surface area contributed by atoms with Gasteiger partial charge in [0.05, 0.1) is 8.71 Å². The Labute approximate surface area is 121 Å². The standard InChI is InChI=1S/C12H8BrN3O2S/c13-12-4-3-10(19-12)7-15-9-2-1-8(6-14)11(5-9)16(17)18/h1-5,15H,7H2. The van der Waals surface area contributed by atoms with Crippen LogP contribution in [0.1, 0.15) is 10.4 Å². The number of nitrogens with zero attached hydrogens (tertiary/aromatic N) is 2. The molecule has 1 aromatic heterocycles. The van der Waals surface area contributed by atoms with Gasteiger partial charge in [0.15, 0.2) is 0 Å². The third kappa shape index (κ3) is 3.30. The van der Waals surface area contributed by atoms with Gasteiger partial charge in [-0.25, -0.2) is 0 Å². The van der Waals surface area contributed by atoms with Crippen LogP contribution in [0.25, 0.3) is 0 Å². The van der Waals surface area contributed by atoms with E-state index >= 15 is 0 Å². The van der Waals surface area contributed by atoms with Gasteiger partial charge in [-0.3, -0.25) is 10.1 Å². The molecule has 96 valence electrons. The molecule has 0 fully saturated rings. The van der Waals surface area contributed by atoms with Gasteiger partial charge in [-0.05, 0) is 40.2 Å². The van der Waals surface area contributed by atoms with E-state index in [9.17, 15) is 10.1 Å².